The Hall–Kier alpha value is -1.59. The number of H-pyrrole nitrogens is 1. The number of nitrogens with two attached hydrogens (primary N) is 1. The van der Waals surface area contributed by atoms with E-state index in [0.29, 0.717) is 17.1 Å². The van der Waals surface area contributed by atoms with Crippen LogP contribution in [0, 0.1) is 0 Å². The average molecular weight is 207 g/mol. The van der Waals surface area contributed by atoms with Crippen molar-refractivity contribution < 1.29 is 9.84 Å². The van der Waals surface area contributed by atoms with E-state index in [-0.39, 0.29) is 6.54 Å². The van der Waals surface area contributed by atoms with Crippen molar-refractivity contribution in [1.82, 2.24) is 9.97 Å². The van der Waals surface area contributed by atoms with E-state index < -0.39 is 6.10 Å². The minimum Gasteiger partial charge on any atom is -0.494 e. The number of benzene rings is 1. The third kappa shape index (κ3) is 1.67. The van der Waals surface area contributed by atoms with Crippen LogP contribution >= 0.6 is 0 Å². The monoisotopic (exact) mass is 207 g/mol. The Bertz CT molecular complexity index is 467. The first-order chi connectivity index (χ1) is 7.26. The third-order valence-corrected chi connectivity index (χ3v) is 2.25. The Kier molecular flexibility index (Phi) is 2.57. The zero-order valence-electron chi connectivity index (χ0n) is 8.40. The van der Waals surface area contributed by atoms with Crippen molar-refractivity contribution in [3.05, 3.63) is 24.0 Å². The lowest BCUT2D eigenvalue weighted by Crippen LogP contribution is -2.12. The largest absolute Gasteiger partial charge is 0.494 e. The molecule has 1 heterocycles. The van der Waals surface area contributed by atoms with E-state index in [2.05, 4.69) is 9.97 Å². The number of nitrogens with one attached hydrogen (secondary N) is 1. The van der Waals surface area contributed by atoms with Crippen molar-refractivity contribution >= 4 is 11.0 Å². The van der Waals surface area contributed by atoms with Crippen LogP contribution in [0.1, 0.15) is 11.9 Å². The first-order valence-electron chi connectivity index (χ1n) is 4.67. The molecule has 0 fully saturated rings. The molecule has 5 heteroatoms. The van der Waals surface area contributed by atoms with Gasteiger partial charge in [-0.15, -0.1) is 0 Å². The Morgan fingerprint density at radius 2 is 2.40 bits per heavy atom. The van der Waals surface area contributed by atoms with Gasteiger partial charge >= 0.3 is 0 Å². The molecule has 1 aromatic carbocycles. The lowest BCUT2D eigenvalue weighted by atomic mass is 10.3. The summed E-state index contributed by atoms with van der Waals surface area (Å²) in [5, 5.41) is 9.53. The summed E-state index contributed by atoms with van der Waals surface area (Å²) in [4.78, 5) is 7.24. The number of fused-ring (bicyclic) bond motifs is 1. The van der Waals surface area contributed by atoms with Crippen molar-refractivity contribution in [2.24, 2.45) is 5.73 Å². The molecular weight excluding hydrogens is 194 g/mol. The van der Waals surface area contributed by atoms with Gasteiger partial charge in [0.05, 0.1) is 12.6 Å². The van der Waals surface area contributed by atoms with Gasteiger partial charge in [0, 0.05) is 6.54 Å². The van der Waals surface area contributed by atoms with E-state index in [4.69, 9.17) is 10.5 Å². The summed E-state index contributed by atoms with van der Waals surface area (Å²) in [5.74, 6) is 1.15. The van der Waals surface area contributed by atoms with Crippen LogP contribution in [0.2, 0.25) is 0 Å². The van der Waals surface area contributed by atoms with Crippen LogP contribution in [0.5, 0.6) is 5.75 Å². The molecule has 2 rings (SSSR count). The van der Waals surface area contributed by atoms with Gasteiger partial charge in [-0.05, 0) is 12.1 Å². The Morgan fingerprint density at radius 1 is 1.60 bits per heavy atom. The number of rotatable bonds is 3. The van der Waals surface area contributed by atoms with Crippen molar-refractivity contribution in [3.8, 4) is 5.75 Å². The highest BCUT2D eigenvalue weighted by molar-refractivity contribution is 5.81. The topological polar surface area (TPSA) is 84.2 Å². The molecule has 0 saturated heterocycles. The first kappa shape index (κ1) is 9.95. The van der Waals surface area contributed by atoms with Crippen molar-refractivity contribution in [2.45, 2.75) is 6.10 Å². The van der Waals surface area contributed by atoms with Crippen LogP contribution < -0.4 is 10.5 Å². The summed E-state index contributed by atoms with van der Waals surface area (Å²) in [5.41, 5.74) is 6.90. The smallest absolute Gasteiger partial charge is 0.146 e. The molecule has 0 aliphatic carbocycles. The molecule has 0 spiro atoms. The fraction of sp³-hybridized carbons (Fsp3) is 0.300. The van der Waals surface area contributed by atoms with Crippen molar-refractivity contribution in [2.75, 3.05) is 13.7 Å². The number of ether oxygens (including phenoxy) is 1. The minimum atomic E-state index is -0.762. The SMILES string of the molecule is COc1cccc2[nH]c(C(O)CN)nc12. The highest BCUT2D eigenvalue weighted by Gasteiger charge is 2.12. The van der Waals surface area contributed by atoms with Gasteiger partial charge in [0.15, 0.2) is 0 Å². The standard InChI is InChI=1S/C10H13N3O2/c1-15-8-4-2-3-6-9(8)13-10(12-6)7(14)5-11/h2-4,7,14H,5,11H2,1H3,(H,12,13). The summed E-state index contributed by atoms with van der Waals surface area (Å²) in [6, 6.07) is 5.55. The molecule has 0 bridgehead atoms. The summed E-state index contributed by atoms with van der Waals surface area (Å²) in [6.07, 6.45) is -0.762. The second-order valence-electron chi connectivity index (χ2n) is 3.23. The lowest BCUT2D eigenvalue weighted by molar-refractivity contribution is 0.178. The van der Waals surface area contributed by atoms with E-state index in [0.717, 1.165) is 5.52 Å². The van der Waals surface area contributed by atoms with E-state index in [1.807, 2.05) is 18.2 Å². The predicted molar refractivity (Wildman–Crippen MR) is 56.7 cm³/mol. The molecule has 0 saturated carbocycles. The van der Waals surface area contributed by atoms with Gasteiger partial charge in [0.25, 0.3) is 0 Å². The number of imidazole rings is 1. The Morgan fingerprint density at radius 3 is 3.07 bits per heavy atom. The molecule has 1 atom stereocenters. The fourth-order valence-corrected chi connectivity index (χ4v) is 1.46. The van der Waals surface area contributed by atoms with Gasteiger partial charge in [-0.25, -0.2) is 4.98 Å². The van der Waals surface area contributed by atoms with Crippen LogP contribution in [0.15, 0.2) is 18.2 Å². The third-order valence-electron chi connectivity index (χ3n) is 2.25. The van der Waals surface area contributed by atoms with E-state index in [9.17, 15) is 5.11 Å². The van der Waals surface area contributed by atoms with Crippen LogP contribution in [0.3, 0.4) is 0 Å². The normalized spacial score (nSPS) is 13.0. The van der Waals surface area contributed by atoms with Gasteiger partial charge < -0.3 is 20.6 Å². The van der Waals surface area contributed by atoms with E-state index in [1.54, 1.807) is 7.11 Å². The molecule has 0 aliphatic rings. The Balaban J connectivity index is 2.55. The molecule has 80 valence electrons. The van der Waals surface area contributed by atoms with Crippen molar-refractivity contribution in [1.29, 1.82) is 0 Å². The van der Waals surface area contributed by atoms with Crippen LogP contribution in [0.4, 0.5) is 0 Å². The number of hydrogen-bond acceptors (Lipinski definition) is 4. The minimum absolute atomic E-state index is 0.141. The number of hydrogen-bond donors (Lipinski definition) is 3. The second-order valence-corrected chi connectivity index (χ2v) is 3.23. The van der Waals surface area contributed by atoms with Gasteiger partial charge in [0.1, 0.15) is 23.2 Å². The van der Waals surface area contributed by atoms with Gasteiger partial charge in [-0.3, -0.25) is 0 Å². The van der Waals surface area contributed by atoms with E-state index in [1.165, 1.54) is 0 Å². The molecule has 2 aromatic rings. The number of para-hydroxylation sites is 1. The molecule has 15 heavy (non-hydrogen) atoms. The lowest BCUT2D eigenvalue weighted by Gasteiger charge is -2.01. The number of methoxy groups -OCH3 is 1. The maximum atomic E-state index is 9.53. The first-order valence-corrected chi connectivity index (χ1v) is 4.67. The van der Waals surface area contributed by atoms with Gasteiger partial charge in [0.2, 0.25) is 0 Å². The second kappa shape index (κ2) is 3.88. The molecule has 0 aliphatic heterocycles. The molecule has 0 radical (unpaired) electrons. The quantitative estimate of drug-likeness (QED) is 0.686. The summed E-state index contributed by atoms with van der Waals surface area (Å²) < 4.78 is 5.16. The number of aromatic nitrogens is 2. The zero-order valence-corrected chi connectivity index (χ0v) is 8.40. The predicted octanol–water partition coefficient (Wildman–Crippen LogP) is 0.564. The maximum Gasteiger partial charge on any atom is 0.146 e. The summed E-state index contributed by atoms with van der Waals surface area (Å²) >= 11 is 0. The van der Waals surface area contributed by atoms with Gasteiger partial charge in [-0.2, -0.15) is 0 Å². The number of aliphatic hydroxyl groups is 1. The number of aliphatic hydroxyl groups excluding tert-OH is 1. The maximum absolute atomic E-state index is 9.53. The van der Waals surface area contributed by atoms with Crippen LogP contribution in [-0.4, -0.2) is 28.7 Å². The molecule has 0 amide bonds. The summed E-state index contributed by atoms with van der Waals surface area (Å²) in [6.45, 7) is 0.141. The highest BCUT2D eigenvalue weighted by atomic mass is 16.5. The molecule has 1 aromatic heterocycles. The number of nitrogens with zero attached hydrogens (tertiary/aromatic N) is 1. The van der Waals surface area contributed by atoms with Crippen LogP contribution in [0.25, 0.3) is 11.0 Å². The summed E-state index contributed by atoms with van der Waals surface area (Å²) in [7, 11) is 1.59. The molecule has 5 nitrogen and oxygen atoms in total. The molecular formula is C10H13N3O2. The average Bonchev–Trinajstić information content (AvgIpc) is 2.71. The zero-order chi connectivity index (χ0) is 10.8. The Labute approximate surface area is 86.9 Å². The number of aromatic amines is 1. The van der Waals surface area contributed by atoms with Crippen molar-refractivity contribution in [3.63, 3.8) is 0 Å². The van der Waals surface area contributed by atoms with Crippen LogP contribution in [-0.2, 0) is 0 Å². The fourth-order valence-electron chi connectivity index (χ4n) is 1.46. The van der Waals surface area contributed by atoms with Gasteiger partial charge in [-0.1, -0.05) is 6.07 Å². The molecule has 1 unspecified atom stereocenters. The van der Waals surface area contributed by atoms with E-state index >= 15 is 0 Å². The highest BCUT2D eigenvalue weighted by Crippen LogP contribution is 2.24. The molecule has 4 N–H and O–H groups in total.